The third-order valence-electron chi connectivity index (χ3n) is 9.76. The molecule has 0 aromatic carbocycles. The number of hydrogen-bond acceptors (Lipinski definition) is 4. The zero-order valence-corrected chi connectivity index (χ0v) is 36.5. The normalized spacial score (nSPS) is 16.5. The van der Waals surface area contributed by atoms with E-state index in [9.17, 15) is 9.59 Å². The van der Waals surface area contributed by atoms with E-state index in [4.69, 9.17) is 9.47 Å². The van der Waals surface area contributed by atoms with Crippen molar-refractivity contribution in [2.45, 2.75) is 147 Å². The SMILES string of the molecule is COC1=C(OC)C(=O)C(C/C=C(\C)C/C=C(\C)C/C=C(\C)C/C=C(\C)C/C=C(\C)C/C=C(\C)C/C=C(\C)C/C=C(\C)C/C=C(\C)CC=C(C)C)=C(C)C1=O. The molecule has 0 atom stereocenters. The number of hydrogen-bond donors (Lipinski definition) is 0. The van der Waals surface area contributed by atoms with E-state index in [0.717, 1.165) is 63.4 Å². The Bertz CT molecular complexity index is 1690. The average Bonchev–Trinajstić information content (AvgIpc) is 3.14. The van der Waals surface area contributed by atoms with E-state index in [1.807, 2.05) is 6.08 Å². The minimum Gasteiger partial charge on any atom is -0.489 e. The van der Waals surface area contributed by atoms with Gasteiger partial charge in [-0.25, -0.2) is 0 Å². The zero-order valence-electron chi connectivity index (χ0n) is 36.5. The third kappa shape index (κ3) is 19.2. The van der Waals surface area contributed by atoms with Crippen molar-refractivity contribution < 1.29 is 19.1 Å². The van der Waals surface area contributed by atoms with Crippen LogP contribution in [-0.4, -0.2) is 25.8 Å². The molecule has 1 aliphatic rings. The van der Waals surface area contributed by atoms with Crippen LogP contribution < -0.4 is 0 Å². The number of Topliss-reactive ketones (excluding diaryl/α,β-unsaturated/α-hetero) is 2. The maximum absolute atomic E-state index is 12.9. The molecular weight excluding hydrogens is 665 g/mol. The molecule has 4 heteroatoms. The summed E-state index contributed by atoms with van der Waals surface area (Å²) in [6.07, 6.45) is 32.2. The van der Waals surface area contributed by atoms with Gasteiger partial charge in [0.25, 0.3) is 0 Å². The van der Waals surface area contributed by atoms with Crippen LogP contribution in [0.3, 0.4) is 0 Å². The van der Waals surface area contributed by atoms with E-state index in [1.54, 1.807) is 6.92 Å². The van der Waals surface area contributed by atoms with Crippen LogP contribution >= 0.6 is 0 Å². The molecule has 0 bridgehead atoms. The van der Waals surface area contributed by atoms with Crippen LogP contribution in [0.4, 0.5) is 0 Å². The van der Waals surface area contributed by atoms with Gasteiger partial charge in [0, 0.05) is 11.1 Å². The Morgan fingerprint density at radius 1 is 0.389 bits per heavy atom. The summed E-state index contributed by atoms with van der Waals surface area (Å²) in [6.45, 7) is 25.8. The van der Waals surface area contributed by atoms with Gasteiger partial charge in [-0.1, -0.05) is 116 Å². The first kappa shape index (κ1) is 47.8. The number of ketones is 2. The maximum atomic E-state index is 12.9. The van der Waals surface area contributed by atoms with E-state index < -0.39 is 0 Å². The van der Waals surface area contributed by atoms with Crippen LogP contribution in [-0.2, 0) is 19.1 Å². The Hall–Kier alpha value is -4.18. The minimum atomic E-state index is -0.295. The topological polar surface area (TPSA) is 52.6 Å². The summed E-state index contributed by atoms with van der Waals surface area (Å²) >= 11 is 0. The molecule has 4 nitrogen and oxygen atoms in total. The fourth-order valence-electron chi connectivity index (χ4n) is 5.51. The Kier molecular flexibility index (Phi) is 22.8. The molecular formula is C50H72O4. The van der Waals surface area contributed by atoms with E-state index in [1.165, 1.54) is 64.4 Å². The van der Waals surface area contributed by atoms with Gasteiger partial charge in [-0.3, -0.25) is 9.59 Å². The van der Waals surface area contributed by atoms with E-state index in [-0.39, 0.29) is 23.1 Å². The average molecular weight is 737 g/mol. The second-order valence-electron chi connectivity index (χ2n) is 15.6. The predicted molar refractivity (Wildman–Crippen MR) is 233 cm³/mol. The zero-order chi connectivity index (χ0) is 40.8. The van der Waals surface area contributed by atoms with Gasteiger partial charge >= 0.3 is 0 Å². The van der Waals surface area contributed by atoms with Crippen molar-refractivity contribution in [3.63, 3.8) is 0 Å². The van der Waals surface area contributed by atoms with Crippen molar-refractivity contribution >= 4 is 11.6 Å². The summed E-state index contributed by atoms with van der Waals surface area (Å²) in [5.74, 6) is -0.616. The Morgan fingerprint density at radius 3 is 0.889 bits per heavy atom. The molecule has 296 valence electrons. The molecule has 0 radical (unpaired) electrons. The molecule has 0 N–H and O–H groups in total. The lowest BCUT2D eigenvalue weighted by molar-refractivity contribution is -0.121. The van der Waals surface area contributed by atoms with Crippen LogP contribution in [0.15, 0.2) is 139 Å². The van der Waals surface area contributed by atoms with Gasteiger partial charge in [0.2, 0.25) is 23.1 Å². The minimum absolute atomic E-state index is 0.0177. The lowest BCUT2D eigenvalue weighted by Crippen LogP contribution is -2.24. The largest absolute Gasteiger partial charge is 0.489 e. The lowest BCUT2D eigenvalue weighted by Gasteiger charge is -2.19. The quantitative estimate of drug-likeness (QED) is 0.0820. The van der Waals surface area contributed by atoms with E-state index in [0.29, 0.717) is 17.6 Å². The number of ether oxygens (including phenoxy) is 2. The molecule has 0 spiro atoms. The molecule has 54 heavy (non-hydrogen) atoms. The highest BCUT2D eigenvalue weighted by molar-refractivity contribution is 6.23. The summed E-state index contributed by atoms with van der Waals surface area (Å²) in [5, 5.41) is 0. The first-order valence-electron chi connectivity index (χ1n) is 19.6. The van der Waals surface area contributed by atoms with Crippen molar-refractivity contribution in [1.82, 2.24) is 0 Å². The van der Waals surface area contributed by atoms with Crippen LogP contribution in [0, 0.1) is 0 Å². The Balaban J connectivity index is 2.56. The van der Waals surface area contributed by atoms with Crippen molar-refractivity contribution in [2.24, 2.45) is 0 Å². The highest BCUT2D eigenvalue weighted by atomic mass is 16.5. The van der Waals surface area contributed by atoms with Crippen molar-refractivity contribution in [3.8, 4) is 0 Å². The molecule has 0 aromatic heterocycles. The molecule has 0 heterocycles. The molecule has 0 fully saturated rings. The highest BCUT2D eigenvalue weighted by Gasteiger charge is 2.34. The number of carbonyl (C=O) groups excluding carboxylic acids is 2. The molecule has 0 saturated carbocycles. The standard InChI is InChI=1S/C50H72O4/c1-35(2)15-16-36(3)17-18-37(4)19-20-38(5)21-22-39(6)23-24-40(7)25-26-41(8)27-28-42(9)29-30-43(10)31-32-44(11)33-34-46-45(12)47(51)49(53-13)50(54-14)48(46)52/h15,17,19,21,23,25,27,29,31,33H,16,18,20,22,24,26,28,30,32,34H2,1-14H3/b36-17+,37-19+,38-21+,39-23+,40-25+,41-27+,42-29+,43-31+,44-33+. The smallest absolute Gasteiger partial charge is 0.228 e. The molecule has 1 rings (SSSR count). The second kappa shape index (κ2) is 25.8. The molecule has 0 amide bonds. The first-order valence-corrected chi connectivity index (χ1v) is 19.6. The van der Waals surface area contributed by atoms with Crippen molar-refractivity contribution in [2.75, 3.05) is 14.2 Å². The molecule has 0 aliphatic heterocycles. The van der Waals surface area contributed by atoms with Crippen molar-refractivity contribution in [3.05, 3.63) is 139 Å². The van der Waals surface area contributed by atoms with E-state index >= 15 is 0 Å². The van der Waals surface area contributed by atoms with Crippen LogP contribution in [0.1, 0.15) is 147 Å². The summed E-state index contributed by atoms with van der Waals surface area (Å²) in [7, 11) is 2.76. The fourth-order valence-corrected chi connectivity index (χ4v) is 5.51. The monoisotopic (exact) mass is 737 g/mol. The second-order valence-corrected chi connectivity index (χ2v) is 15.6. The number of allylic oxidation sites excluding steroid dienone is 22. The van der Waals surface area contributed by atoms with Crippen LogP contribution in [0.25, 0.3) is 0 Å². The summed E-state index contributed by atoms with van der Waals surface area (Å²) in [6, 6.07) is 0. The molecule has 0 unspecified atom stereocenters. The van der Waals surface area contributed by atoms with Gasteiger partial charge in [-0.05, 0) is 147 Å². The lowest BCUT2D eigenvalue weighted by atomic mass is 9.90. The van der Waals surface area contributed by atoms with Gasteiger partial charge in [0.1, 0.15) is 0 Å². The number of methoxy groups -OCH3 is 2. The van der Waals surface area contributed by atoms with Gasteiger partial charge in [0.05, 0.1) is 14.2 Å². The van der Waals surface area contributed by atoms with Crippen LogP contribution in [0.5, 0.6) is 0 Å². The van der Waals surface area contributed by atoms with Gasteiger partial charge < -0.3 is 9.47 Å². The Labute approximate surface area is 330 Å². The van der Waals surface area contributed by atoms with Gasteiger partial charge in [-0.2, -0.15) is 0 Å². The molecule has 1 aliphatic carbocycles. The first-order chi connectivity index (χ1) is 25.5. The molecule has 0 saturated heterocycles. The summed E-state index contributed by atoms with van der Waals surface area (Å²) in [5.41, 5.74) is 14.6. The van der Waals surface area contributed by atoms with Gasteiger partial charge in [-0.15, -0.1) is 0 Å². The number of carbonyl (C=O) groups is 2. The summed E-state index contributed by atoms with van der Waals surface area (Å²) in [4.78, 5) is 25.5. The molecule has 0 aromatic rings. The third-order valence-corrected chi connectivity index (χ3v) is 9.76. The van der Waals surface area contributed by atoms with Crippen LogP contribution in [0.2, 0.25) is 0 Å². The fraction of sp³-hybridized carbons (Fsp3) is 0.480. The maximum Gasteiger partial charge on any atom is 0.228 e. The Morgan fingerprint density at radius 2 is 0.630 bits per heavy atom. The van der Waals surface area contributed by atoms with Gasteiger partial charge in [0.15, 0.2) is 0 Å². The highest BCUT2D eigenvalue weighted by Crippen LogP contribution is 2.28. The predicted octanol–water partition coefficient (Wildman–Crippen LogP) is 14.3. The number of rotatable bonds is 22. The van der Waals surface area contributed by atoms with E-state index in [2.05, 4.69) is 131 Å². The van der Waals surface area contributed by atoms with Crippen molar-refractivity contribution in [1.29, 1.82) is 0 Å². The summed E-state index contributed by atoms with van der Waals surface area (Å²) < 4.78 is 10.3.